The summed E-state index contributed by atoms with van der Waals surface area (Å²) >= 11 is 0. The highest BCUT2D eigenvalue weighted by atomic mass is 16.3. The van der Waals surface area contributed by atoms with Gasteiger partial charge in [-0.05, 0) is 36.7 Å². The minimum Gasteiger partial charge on any atom is -0.395 e. The molecule has 1 aliphatic rings. The lowest BCUT2D eigenvalue weighted by atomic mass is 10.2. The second-order valence-corrected chi connectivity index (χ2v) is 4.71. The molecule has 0 unspecified atom stereocenters. The third-order valence-electron chi connectivity index (χ3n) is 3.63. The van der Waals surface area contributed by atoms with E-state index < -0.39 is 0 Å². The Morgan fingerprint density at radius 2 is 2.24 bits per heavy atom. The Kier molecular flexibility index (Phi) is 4.06. The van der Waals surface area contributed by atoms with Gasteiger partial charge >= 0.3 is 0 Å². The molecule has 0 amide bonds. The standard InChI is InChI=1S/C11H21N5O/c1-3-4-7-16-11(12-13-14-16)10-6-5-9(8-17)15(10)2/h9-10,17H,3-8H2,1-2H3/t9-,10-/m0/s1. The number of hydrogen-bond acceptors (Lipinski definition) is 5. The third-order valence-corrected chi connectivity index (χ3v) is 3.63. The van der Waals surface area contributed by atoms with Gasteiger partial charge in [0.15, 0.2) is 5.82 Å². The second kappa shape index (κ2) is 5.55. The molecule has 17 heavy (non-hydrogen) atoms. The number of aliphatic hydroxyl groups excluding tert-OH is 1. The van der Waals surface area contributed by atoms with E-state index in [2.05, 4.69) is 27.3 Å². The first-order chi connectivity index (χ1) is 8.27. The summed E-state index contributed by atoms with van der Waals surface area (Å²) in [6.45, 7) is 3.25. The number of likely N-dealkylation sites (tertiary alicyclic amines) is 1. The Labute approximate surface area is 102 Å². The molecular weight excluding hydrogens is 218 g/mol. The van der Waals surface area contributed by atoms with Crippen molar-refractivity contribution in [3.05, 3.63) is 5.82 Å². The van der Waals surface area contributed by atoms with Gasteiger partial charge in [0.1, 0.15) is 0 Å². The Hall–Kier alpha value is -1.01. The molecule has 1 fully saturated rings. The number of rotatable bonds is 5. The fraction of sp³-hybridized carbons (Fsp3) is 0.909. The molecule has 2 rings (SSSR count). The lowest BCUT2D eigenvalue weighted by Crippen LogP contribution is -2.31. The predicted octanol–water partition coefficient (Wildman–Crippen LogP) is 0.601. The van der Waals surface area contributed by atoms with Crippen LogP contribution in [0, 0.1) is 0 Å². The number of aromatic nitrogens is 4. The predicted molar refractivity (Wildman–Crippen MR) is 63.3 cm³/mol. The maximum Gasteiger partial charge on any atom is 0.168 e. The molecule has 0 aromatic carbocycles. The van der Waals surface area contributed by atoms with Crippen molar-refractivity contribution in [1.82, 2.24) is 25.1 Å². The lowest BCUT2D eigenvalue weighted by molar-refractivity contribution is 0.151. The molecule has 0 radical (unpaired) electrons. The number of nitrogens with zero attached hydrogens (tertiary/aromatic N) is 5. The maximum absolute atomic E-state index is 9.26. The molecule has 1 aromatic heterocycles. The lowest BCUT2D eigenvalue weighted by Gasteiger charge is -2.23. The van der Waals surface area contributed by atoms with Gasteiger partial charge in [-0.25, -0.2) is 4.68 Å². The number of tetrazole rings is 1. The molecule has 2 atom stereocenters. The number of likely N-dealkylation sites (N-methyl/N-ethyl adjacent to an activating group) is 1. The summed E-state index contributed by atoms with van der Waals surface area (Å²) in [5.41, 5.74) is 0. The van der Waals surface area contributed by atoms with Crippen LogP contribution in [0.2, 0.25) is 0 Å². The van der Waals surface area contributed by atoms with E-state index in [0.717, 1.165) is 38.1 Å². The highest BCUT2D eigenvalue weighted by Crippen LogP contribution is 2.32. The first-order valence-corrected chi connectivity index (χ1v) is 6.36. The summed E-state index contributed by atoms with van der Waals surface area (Å²) in [7, 11) is 2.04. The first-order valence-electron chi connectivity index (χ1n) is 6.36. The molecule has 0 aliphatic carbocycles. The Bertz CT molecular complexity index is 353. The topological polar surface area (TPSA) is 67.1 Å². The van der Waals surface area contributed by atoms with Crippen LogP contribution in [0.25, 0.3) is 0 Å². The summed E-state index contributed by atoms with van der Waals surface area (Å²) in [5.74, 6) is 0.942. The van der Waals surface area contributed by atoms with Gasteiger partial charge in [-0.3, -0.25) is 4.90 Å². The van der Waals surface area contributed by atoms with Crippen molar-refractivity contribution in [2.75, 3.05) is 13.7 Å². The molecule has 1 aromatic rings. The van der Waals surface area contributed by atoms with Crippen LogP contribution >= 0.6 is 0 Å². The van der Waals surface area contributed by atoms with Gasteiger partial charge in [0.25, 0.3) is 0 Å². The van der Waals surface area contributed by atoms with Crippen molar-refractivity contribution >= 4 is 0 Å². The van der Waals surface area contributed by atoms with E-state index in [1.165, 1.54) is 0 Å². The number of aryl methyl sites for hydroxylation is 1. The summed E-state index contributed by atoms with van der Waals surface area (Å²) in [6, 6.07) is 0.496. The minimum absolute atomic E-state index is 0.212. The first kappa shape index (κ1) is 12.4. The molecule has 0 saturated carbocycles. The number of aliphatic hydroxyl groups is 1. The van der Waals surface area contributed by atoms with Crippen LogP contribution in [-0.2, 0) is 6.54 Å². The maximum atomic E-state index is 9.26. The number of hydrogen-bond donors (Lipinski definition) is 1. The summed E-state index contributed by atoms with van der Waals surface area (Å²) < 4.78 is 1.91. The number of unbranched alkanes of at least 4 members (excludes halogenated alkanes) is 1. The fourth-order valence-corrected chi connectivity index (χ4v) is 2.46. The van der Waals surface area contributed by atoms with E-state index in [1.807, 2.05) is 11.7 Å². The van der Waals surface area contributed by atoms with Crippen LogP contribution in [0.1, 0.15) is 44.5 Å². The minimum atomic E-state index is 0.212. The van der Waals surface area contributed by atoms with Crippen molar-refractivity contribution in [3.8, 4) is 0 Å². The van der Waals surface area contributed by atoms with Gasteiger partial charge < -0.3 is 5.11 Å². The Balaban J connectivity index is 2.09. The molecule has 2 heterocycles. The molecule has 1 N–H and O–H groups in total. The Morgan fingerprint density at radius 3 is 2.88 bits per heavy atom. The van der Waals surface area contributed by atoms with Crippen molar-refractivity contribution in [2.24, 2.45) is 0 Å². The van der Waals surface area contributed by atoms with Crippen molar-refractivity contribution < 1.29 is 5.11 Å². The molecule has 1 saturated heterocycles. The van der Waals surface area contributed by atoms with E-state index in [4.69, 9.17) is 0 Å². The van der Waals surface area contributed by atoms with Gasteiger partial charge in [0, 0.05) is 12.6 Å². The zero-order valence-corrected chi connectivity index (χ0v) is 10.6. The van der Waals surface area contributed by atoms with Crippen LogP contribution in [0.3, 0.4) is 0 Å². The van der Waals surface area contributed by atoms with E-state index in [9.17, 15) is 5.11 Å². The van der Waals surface area contributed by atoms with E-state index >= 15 is 0 Å². The fourth-order valence-electron chi connectivity index (χ4n) is 2.46. The molecule has 96 valence electrons. The molecular formula is C11H21N5O. The van der Waals surface area contributed by atoms with Gasteiger partial charge in [0.2, 0.25) is 0 Å². The SMILES string of the molecule is CCCCn1nnnc1[C@@H]1CC[C@@H](CO)N1C. The zero-order valence-electron chi connectivity index (χ0n) is 10.6. The van der Waals surface area contributed by atoms with Gasteiger partial charge in [0.05, 0.1) is 12.6 Å². The summed E-state index contributed by atoms with van der Waals surface area (Å²) in [4.78, 5) is 2.19. The quantitative estimate of drug-likeness (QED) is 0.815. The van der Waals surface area contributed by atoms with E-state index in [1.54, 1.807) is 0 Å². The van der Waals surface area contributed by atoms with Gasteiger partial charge in [-0.15, -0.1) is 5.10 Å². The Morgan fingerprint density at radius 1 is 1.41 bits per heavy atom. The molecule has 0 bridgehead atoms. The van der Waals surface area contributed by atoms with Crippen LogP contribution in [0.4, 0.5) is 0 Å². The highest BCUT2D eigenvalue weighted by Gasteiger charge is 2.34. The summed E-state index contributed by atoms with van der Waals surface area (Å²) in [5, 5.41) is 21.2. The largest absolute Gasteiger partial charge is 0.395 e. The van der Waals surface area contributed by atoms with E-state index in [0.29, 0.717) is 0 Å². The van der Waals surface area contributed by atoms with Gasteiger partial charge in [-0.2, -0.15) is 0 Å². The van der Waals surface area contributed by atoms with Crippen molar-refractivity contribution in [3.63, 3.8) is 0 Å². The summed E-state index contributed by atoms with van der Waals surface area (Å²) in [6.07, 6.45) is 4.27. The zero-order chi connectivity index (χ0) is 12.3. The van der Waals surface area contributed by atoms with Crippen LogP contribution < -0.4 is 0 Å². The van der Waals surface area contributed by atoms with Gasteiger partial charge in [-0.1, -0.05) is 13.3 Å². The van der Waals surface area contributed by atoms with Crippen molar-refractivity contribution in [1.29, 1.82) is 0 Å². The molecule has 0 spiro atoms. The van der Waals surface area contributed by atoms with Crippen LogP contribution in [0.15, 0.2) is 0 Å². The van der Waals surface area contributed by atoms with E-state index in [-0.39, 0.29) is 18.7 Å². The molecule has 6 nitrogen and oxygen atoms in total. The molecule has 1 aliphatic heterocycles. The average Bonchev–Trinajstić information content (AvgIpc) is 2.92. The smallest absolute Gasteiger partial charge is 0.168 e. The third kappa shape index (κ3) is 2.47. The molecule has 6 heteroatoms. The van der Waals surface area contributed by atoms with Crippen LogP contribution in [0.5, 0.6) is 0 Å². The normalized spacial score (nSPS) is 25.6. The monoisotopic (exact) mass is 239 g/mol. The highest BCUT2D eigenvalue weighted by molar-refractivity contribution is 4.98. The van der Waals surface area contributed by atoms with Crippen LogP contribution in [-0.4, -0.2) is 49.9 Å². The average molecular weight is 239 g/mol. The van der Waals surface area contributed by atoms with Crippen molar-refractivity contribution in [2.45, 2.75) is 51.2 Å². The second-order valence-electron chi connectivity index (χ2n) is 4.71.